The zero-order valence-electron chi connectivity index (χ0n) is 14.9. The summed E-state index contributed by atoms with van der Waals surface area (Å²) in [7, 11) is 0. The van der Waals surface area contributed by atoms with Gasteiger partial charge in [-0.3, -0.25) is 0 Å². The van der Waals surface area contributed by atoms with Crippen molar-refractivity contribution in [3.63, 3.8) is 0 Å². The van der Waals surface area contributed by atoms with Crippen LogP contribution >= 0.6 is 0 Å². The van der Waals surface area contributed by atoms with Gasteiger partial charge in [-0.05, 0) is 68.1 Å². The summed E-state index contributed by atoms with van der Waals surface area (Å²) in [5, 5.41) is 0. The first kappa shape index (κ1) is 15.7. The minimum absolute atomic E-state index is 0.165. The van der Waals surface area contributed by atoms with Crippen molar-refractivity contribution in [2.45, 2.75) is 77.2 Å². The number of hydrogen-bond acceptors (Lipinski definition) is 2. The highest BCUT2D eigenvalue weighted by atomic mass is 16.6. The molecule has 0 aromatic rings. The van der Waals surface area contributed by atoms with Crippen molar-refractivity contribution in [1.82, 2.24) is 0 Å². The van der Waals surface area contributed by atoms with Gasteiger partial charge in [0.2, 0.25) is 0 Å². The van der Waals surface area contributed by atoms with Crippen LogP contribution in [0.2, 0.25) is 0 Å². The summed E-state index contributed by atoms with van der Waals surface area (Å²) in [5.41, 5.74) is 0.352. The fourth-order valence-corrected chi connectivity index (χ4v) is 7.24. The standard InChI is InChI=1S/C21H32O2/c1-4-19(22)23-21(16-7-5-14(2)6-8-16)17-9-15-10-18(21)13-20(3,11-15)12-17/h4,14-18H,1,5-13H2,2-3H3. The average Bonchev–Trinajstić information content (AvgIpc) is 2.50. The summed E-state index contributed by atoms with van der Waals surface area (Å²) in [6.07, 6.45) is 13.0. The first-order valence-corrected chi connectivity index (χ1v) is 9.80. The molecule has 0 aromatic heterocycles. The Bertz CT molecular complexity index is 484. The zero-order chi connectivity index (χ0) is 16.2. The predicted molar refractivity (Wildman–Crippen MR) is 91.8 cm³/mol. The van der Waals surface area contributed by atoms with Gasteiger partial charge in [-0.25, -0.2) is 4.79 Å². The topological polar surface area (TPSA) is 26.3 Å². The summed E-state index contributed by atoms with van der Waals surface area (Å²) in [6.45, 7) is 8.53. The number of esters is 1. The van der Waals surface area contributed by atoms with Gasteiger partial charge in [0.05, 0.1) is 0 Å². The van der Waals surface area contributed by atoms with Crippen molar-refractivity contribution in [2.75, 3.05) is 0 Å². The van der Waals surface area contributed by atoms with Crippen molar-refractivity contribution in [3.8, 4) is 0 Å². The van der Waals surface area contributed by atoms with E-state index >= 15 is 0 Å². The molecule has 0 N–H and O–H groups in total. The van der Waals surface area contributed by atoms with Gasteiger partial charge in [-0.1, -0.05) is 33.3 Å². The van der Waals surface area contributed by atoms with E-state index in [1.54, 1.807) is 0 Å². The van der Waals surface area contributed by atoms with Crippen molar-refractivity contribution < 1.29 is 9.53 Å². The van der Waals surface area contributed by atoms with E-state index in [9.17, 15) is 4.79 Å². The molecule has 5 saturated carbocycles. The van der Waals surface area contributed by atoms with Crippen molar-refractivity contribution >= 4 is 5.97 Å². The van der Waals surface area contributed by atoms with E-state index in [1.807, 2.05) is 0 Å². The predicted octanol–water partition coefficient (Wildman–Crippen LogP) is 5.13. The highest BCUT2D eigenvalue weighted by Gasteiger charge is 2.65. The van der Waals surface area contributed by atoms with Crippen molar-refractivity contribution in [1.29, 1.82) is 0 Å². The summed E-state index contributed by atoms with van der Waals surface area (Å²) >= 11 is 0. The number of carbonyl (C=O) groups excluding carboxylic acids is 1. The number of rotatable bonds is 3. The van der Waals surface area contributed by atoms with Crippen LogP contribution in [0.5, 0.6) is 0 Å². The molecule has 0 heterocycles. The van der Waals surface area contributed by atoms with Gasteiger partial charge in [0.15, 0.2) is 0 Å². The molecule has 5 rings (SSSR count). The van der Waals surface area contributed by atoms with Crippen LogP contribution < -0.4 is 0 Å². The molecule has 2 nitrogen and oxygen atoms in total. The maximum absolute atomic E-state index is 12.3. The highest BCUT2D eigenvalue weighted by molar-refractivity contribution is 5.81. The van der Waals surface area contributed by atoms with Crippen LogP contribution in [0.1, 0.15) is 71.6 Å². The van der Waals surface area contributed by atoms with Gasteiger partial charge >= 0.3 is 5.97 Å². The number of hydrogen-bond donors (Lipinski definition) is 0. The minimum atomic E-state index is -0.179. The molecule has 2 heteroatoms. The average molecular weight is 316 g/mol. The molecule has 23 heavy (non-hydrogen) atoms. The molecule has 0 aromatic carbocycles. The van der Waals surface area contributed by atoms with Crippen LogP contribution in [-0.4, -0.2) is 11.6 Å². The van der Waals surface area contributed by atoms with Crippen LogP contribution in [0.4, 0.5) is 0 Å². The van der Waals surface area contributed by atoms with E-state index in [4.69, 9.17) is 4.74 Å². The Kier molecular flexibility index (Phi) is 3.66. The second-order valence-electron chi connectivity index (χ2n) is 9.59. The van der Waals surface area contributed by atoms with E-state index in [-0.39, 0.29) is 11.6 Å². The van der Waals surface area contributed by atoms with E-state index < -0.39 is 0 Å². The molecular formula is C21H32O2. The number of ether oxygens (including phenoxy) is 1. The van der Waals surface area contributed by atoms with Crippen LogP contribution in [0.3, 0.4) is 0 Å². The van der Waals surface area contributed by atoms with Crippen molar-refractivity contribution in [2.24, 2.45) is 35.0 Å². The second kappa shape index (κ2) is 5.36. The Balaban J connectivity index is 1.68. The lowest BCUT2D eigenvalue weighted by Gasteiger charge is -2.66. The van der Waals surface area contributed by atoms with Crippen LogP contribution in [-0.2, 0) is 9.53 Å². The SMILES string of the molecule is C=CC(=O)OC1(C2CCC(C)CC2)C2CC3CC1CC(C)(C3)C2. The Morgan fingerprint density at radius 3 is 2.17 bits per heavy atom. The lowest BCUT2D eigenvalue weighted by molar-refractivity contribution is -0.243. The third-order valence-electron chi connectivity index (χ3n) is 7.87. The molecule has 4 bridgehead atoms. The van der Waals surface area contributed by atoms with Crippen LogP contribution in [0, 0.1) is 35.0 Å². The molecule has 0 spiro atoms. The fourth-order valence-electron chi connectivity index (χ4n) is 7.24. The number of carbonyl (C=O) groups is 1. The molecule has 2 atom stereocenters. The smallest absolute Gasteiger partial charge is 0.330 e. The van der Waals surface area contributed by atoms with Gasteiger partial charge in [0, 0.05) is 17.9 Å². The summed E-state index contributed by atoms with van der Waals surface area (Å²) in [4.78, 5) is 12.3. The maximum Gasteiger partial charge on any atom is 0.330 e. The molecule has 5 aliphatic carbocycles. The van der Waals surface area contributed by atoms with E-state index in [0.29, 0.717) is 23.2 Å². The molecule has 0 aliphatic heterocycles. The van der Waals surface area contributed by atoms with Gasteiger partial charge in [0.25, 0.3) is 0 Å². The fraction of sp³-hybridized carbons (Fsp3) is 0.857. The molecule has 0 saturated heterocycles. The Morgan fingerprint density at radius 1 is 1.04 bits per heavy atom. The third kappa shape index (κ3) is 2.39. The van der Waals surface area contributed by atoms with E-state index in [1.165, 1.54) is 63.9 Å². The van der Waals surface area contributed by atoms with Gasteiger partial charge in [-0.15, -0.1) is 0 Å². The van der Waals surface area contributed by atoms with Gasteiger partial charge < -0.3 is 4.74 Å². The van der Waals surface area contributed by atoms with Crippen LogP contribution in [0.25, 0.3) is 0 Å². The first-order chi connectivity index (χ1) is 10.9. The summed E-state index contributed by atoms with van der Waals surface area (Å²) < 4.78 is 6.33. The van der Waals surface area contributed by atoms with Gasteiger partial charge in [-0.2, -0.15) is 0 Å². The lowest BCUT2D eigenvalue weighted by atomic mass is 9.42. The second-order valence-corrected chi connectivity index (χ2v) is 9.59. The van der Waals surface area contributed by atoms with E-state index in [0.717, 1.165) is 11.8 Å². The Hall–Kier alpha value is -0.790. The third-order valence-corrected chi connectivity index (χ3v) is 7.87. The maximum atomic E-state index is 12.3. The van der Waals surface area contributed by atoms with Gasteiger partial charge in [0.1, 0.15) is 5.60 Å². The molecule has 128 valence electrons. The molecular weight excluding hydrogens is 284 g/mol. The van der Waals surface area contributed by atoms with Crippen LogP contribution in [0.15, 0.2) is 12.7 Å². The lowest BCUT2D eigenvalue weighted by Crippen LogP contribution is -2.65. The monoisotopic (exact) mass is 316 g/mol. The summed E-state index contributed by atoms with van der Waals surface area (Å²) in [5.74, 6) is 3.33. The highest BCUT2D eigenvalue weighted by Crippen LogP contribution is 2.67. The quantitative estimate of drug-likeness (QED) is 0.533. The first-order valence-electron chi connectivity index (χ1n) is 9.80. The minimum Gasteiger partial charge on any atom is -0.455 e. The molecule has 2 unspecified atom stereocenters. The zero-order valence-corrected chi connectivity index (χ0v) is 14.9. The Morgan fingerprint density at radius 2 is 1.65 bits per heavy atom. The molecule has 5 fully saturated rings. The van der Waals surface area contributed by atoms with E-state index in [2.05, 4.69) is 20.4 Å². The van der Waals surface area contributed by atoms with Crippen molar-refractivity contribution in [3.05, 3.63) is 12.7 Å². The Labute approximate surface area is 141 Å². The normalized spacial score (nSPS) is 51.5. The molecule has 0 amide bonds. The molecule has 5 aliphatic rings. The largest absolute Gasteiger partial charge is 0.455 e. The molecule has 0 radical (unpaired) electrons. The summed E-state index contributed by atoms with van der Waals surface area (Å²) in [6, 6.07) is 0.